The number of rotatable bonds is 3. The number of benzene rings is 1. The molecule has 1 amide bonds. The third-order valence-corrected chi connectivity index (χ3v) is 4.50. The van der Waals surface area contributed by atoms with Crippen LogP contribution in [0.1, 0.15) is 16.1 Å². The van der Waals surface area contributed by atoms with Gasteiger partial charge in [0.15, 0.2) is 5.13 Å². The van der Waals surface area contributed by atoms with Crippen molar-refractivity contribution in [1.82, 2.24) is 10.3 Å². The van der Waals surface area contributed by atoms with Gasteiger partial charge in [-0.05, 0) is 18.6 Å². The minimum absolute atomic E-state index is 0.0610. The molecule has 1 fully saturated rings. The van der Waals surface area contributed by atoms with Gasteiger partial charge in [0, 0.05) is 31.6 Å². The van der Waals surface area contributed by atoms with Crippen LogP contribution in [0.3, 0.4) is 0 Å². The molecule has 1 saturated heterocycles. The van der Waals surface area contributed by atoms with E-state index in [0.29, 0.717) is 11.4 Å². The maximum absolute atomic E-state index is 12.3. The third-order valence-electron chi connectivity index (χ3n) is 3.60. The molecule has 0 bridgehead atoms. The Labute approximate surface area is 132 Å². The lowest BCUT2D eigenvalue weighted by Gasteiger charge is -2.26. The molecular weight excluding hydrogens is 300 g/mol. The summed E-state index contributed by atoms with van der Waals surface area (Å²) in [6, 6.07) is 5.13. The molecule has 0 aliphatic carbocycles. The second-order valence-electron chi connectivity index (χ2n) is 5.18. The average molecular weight is 318 g/mol. The Morgan fingerprint density at radius 2 is 2.18 bits per heavy atom. The van der Waals surface area contributed by atoms with E-state index in [1.807, 2.05) is 13.0 Å². The first-order valence-corrected chi connectivity index (χ1v) is 8.04. The molecule has 1 aliphatic heterocycles. The predicted molar refractivity (Wildman–Crippen MR) is 88.0 cm³/mol. The number of phenolic OH excluding ortho intramolecular Hbond substituents is 1. The van der Waals surface area contributed by atoms with Crippen LogP contribution in [0.25, 0.3) is 0 Å². The predicted octanol–water partition coefficient (Wildman–Crippen LogP) is 1.82. The number of para-hydroxylation sites is 1. The Bertz CT molecular complexity index is 660. The first-order valence-electron chi connectivity index (χ1n) is 7.16. The van der Waals surface area contributed by atoms with Crippen LogP contribution >= 0.6 is 11.3 Å². The summed E-state index contributed by atoms with van der Waals surface area (Å²) in [6.45, 7) is 5.49. The second kappa shape index (κ2) is 6.33. The molecule has 1 aliphatic rings. The Balaban J connectivity index is 1.74. The lowest BCUT2D eigenvalue weighted by atomic mass is 10.2. The Morgan fingerprint density at radius 3 is 2.91 bits per heavy atom. The average Bonchev–Trinajstić information content (AvgIpc) is 3.02. The molecule has 0 atom stereocenters. The molecule has 3 rings (SSSR count). The van der Waals surface area contributed by atoms with E-state index < -0.39 is 0 Å². The van der Waals surface area contributed by atoms with E-state index in [2.05, 4.69) is 20.5 Å². The quantitative estimate of drug-likeness (QED) is 0.753. The fraction of sp³-hybridized carbons (Fsp3) is 0.333. The Morgan fingerprint density at radius 1 is 1.41 bits per heavy atom. The number of nitrogens with one attached hydrogen (secondary N) is 2. The van der Waals surface area contributed by atoms with Crippen LogP contribution in [0.5, 0.6) is 5.75 Å². The van der Waals surface area contributed by atoms with E-state index >= 15 is 0 Å². The SMILES string of the molecule is Cc1cccc(O)c1NC(=O)c1csc(N2CCNCC2)n1. The minimum Gasteiger partial charge on any atom is -0.506 e. The van der Waals surface area contributed by atoms with E-state index in [1.54, 1.807) is 17.5 Å². The highest BCUT2D eigenvalue weighted by atomic mass is 32.1. The summed E-state index contributed by atoms with van der Waals surface area (Å²) < 4.78 is 0. The monoisotopic (exact) mass is 318 g/mol. The fourth-order valence-corrected chi connectivity index (χ4v) is 3.22. The van der Waals surface area contributed by atoms with E-state index in [4.69, 9.17) is 0 Å². The van der Waals surface area contributed by atoms with E-state index in [9.17, 15) is 9.90 Å². The normalized spacial score (nSPS) is 14.9. The summed E-state index contributed by atoms with van der Waals surface area (Å²) in [7, 11) is 0. The van der Waals surface area contributed by atoms with Crippen LogP contribution in [0, 0.1) is 6.92 Å². The summed E-state index contributed by atoms with van der Waals surface area (Å²) in [6.07, 6.45) is 0. The maximum Gasteiger partial charge on any atom is 0.275 e. The van der Waals surface area contributed by atoms with Crippen LogP contribution in [-0.4, -0.2) is 42.2 Å². The smallest absolute Gasteiger partial charge is 0.275 e. The van der Waals surface area contributed by atoms with Gasteiger partial charge < -0.3 is 20.6 Å². The van der Waals surface area contributed by atoms with Crippen LogP contribution in [-0.2, 0) is 0 Å². The van der Waals surface area contributed by atoms with Crippen molar-refractivity contribution in [3.8, 4) is 5.75 Å². The summed E-state index contributed by atoms with van der Waals surface area (Å²) in [5.41, 5.74) is 1.62. The molecule has 2 aromatic rings. The van der Waals surface area contributed by atoms with Crippen LogP contribution in [0.2, 0.25) is 0 Å². The highest BCUT2D eigenvalue weighted by Gasteiger charge is 2.18. The molecular formula is C15H18N4O2S. The zero-order valence-corrected chi connectivity index (χ0v) is 13.1. The van der Waals surface area contributed by atoms with Gasteiger partial charge in [0.05, 0.1) is 5.69 Å². The number of thiazole rings is 1. The molecule has 116 valence electrons. The number of nitrogens with zero attached hydrogens (tertiary/aromatic N) is 2. The second-order valence-corrected chi connectivity index (χ2v) is 6.01. The molecule has 0 spiro atoms. The van der Waals surface area contributed by atoms with Crippen molar-refractivity contribution in [3.05, 3.63) is 34.8 Å². The van der Waals surface area contributed by atoms with E-state index in [0.717, 1.165) is 36.9 Å². The van der Waals surface area contributed by atoms with Crippen molar-refractivity contribution in [2.45, 2.75) is 6.92 Å². The molecule has 1 aromatic heterocycles. The molecule has 3 N–H and O–H groups in total. The zero-order valence-electron chi connectivity index (χ0n) is 12.3. The van der Waals surface area contributed by atoms with Gasteiger partial charge in [0.1, 0.15) is 11.4 Å². The summed E-state index contributed by atoms with van der Waals surface area (Å²) in [4.78, 5) is 18.9. The Hall–Kier alpha value is -2.12. The number of hydrogen-bond acceptors (Lipinski definition) is 6. The Kier molecular flexibility index (Phi) is 4.26. The molecule has 0 saturated carbocycles. The van der Waals surface area contributed by atoms with Gasteiger partial charge in [-0.2, -0.15) is 0 Å². The van der Waals surface area contributed by atoms with Crippen molar-refractivity contribution in [2.75, 3.05) is 36.4 Å². The number of piperazine rings is 1. The molecule has 0 radical (unpaired) electrons. The largest absolute Gasteiger partial charge is 0.506 e. The molecule has 1 aromatic carbocycles. The fourth-order valence-electron chi connectivity index (χ4n) is 2.36. The first-order chi connectivity index (χ1) is 10.6. The standard InChI is InChI=1S/C15H18N4O2S/c1-10-3-2-4-12(20)13(10)18-14(21)11-9-22-15(17-11)19-7-5-16-6-8-19/h2-4,9,16,20H,5-8H2,1H3,(H,18,21). The molecule has 0 unspecified atom stereocenters. The number of phenols is 1. The highest BCUT2D eigenvalue weighted by Crippen LogP contribution is 2.28. The molecule has 22 heavy (non-hydrogen) atoms. The summed E-state index contributed by atoms with van der Waals surface area (Å²) in [5, 5.41) is 18.5. The maximum atomic E-state index is 12.3. The summed E-state index contributed by atoms with van der Waals surface area (Å²) in [5.74, 6) is -0.242. The lowest BCUT2D eigenvalue weighted by Crippen LogP contribution is -2.43. The van der Waals surface area contributed by atoms with E-state index in [1.165, 1.54) is 11.3 Å². The number of carbonyl (C=O) groups is 1. The lowest BCUT2D eigenvalue weighted by molar-refractivity contribution is 0.102. The van der Waals surface area contributed by atoms with Crippen LogP contribution < -0.4 is 15.5 Å². The van der Waals surface area contributed by atoms with Crippen LogP contribution in [0.15, 0.2) is 23.6 Å². The number of carbonyl (C=O) groups excluding carboxylic acids is 1. The topological polar surface area (TPSA) is 77.5 Å². The zero-order chi connectivity index (χ0) is 15.5. The third kappa shape index (κ3) is 3.05. The van der Waals surface area contributed by atoms with Gasteiger partial charge in [-0.25, -0.2) is 4.98 Å². The number of aryl methyl sites for hydroxylation is 1. The molecule has 7 heteroatoms. The minimum atomic E-state index is -0.303. The van der Waals surface area contributed by atoms with Crippen molar-refractivity contribution in [1.29, 1.82) is 0 Å². The van der Waals surface area contributed by atoms with Crippen molar-refractivity contribution >= 4 is 28.1 Å². The van der Waals surface area contributed by atoms with Crippen molar-refractivity contribution in [3.63, 3.8) is 0 Å². The van der Waals surface area contributed by atoms with Crippen molar-refractivity contribution in [2.24, 2.45) is 0 Å². The van der Waals surface area contributed by atoms with Crippen LogP contribution in [0.4, 0.5) is 10.8 Å². The number of aromatic hydroxyl groups is 1. The van der Waals surface area contributed by atoms with Gasteiger partial charge in [-0.1, -0.05) is 12.1 Å². The molecule has 2 heterocycles. The van der Waals surface area contributed by atoms with Gasteiger partial charge >= 0.3 is 0 Å². The first kappa shape index (κ1) is 14.8. The number of aromatic nitrogens is 1. The molecule has 6 nitrogen and oxygen atoms in total. The number of amides is 1. The van der Waals surface area contributed by atoms with Gasteiger partial charge in [-0.3, -0.25) is 4.79 Å². The summed E-state index contributed by atoms with van der Waals surface area (Å²) >= 11 is 1.47. The van der Waals surface area contributed by atoms with Gasteiger partial charge in [-0.15, -0.1) is 11.3 Å². The van der Waals surface area contributed by atoms with Gasteiger partial charge in [0.2, 0.25) is 0 Å². The highest BCUT2D eigenvalue weighted by molar-refractivity contribution is 7.14. The number of anilines is 2. The number of hydrogen-bond donors (Lipinski definition) is 3. The van der Waals surface area contributed by atoms with E-state index in [-0.39, 0.29) is 11.7 Å². The van der Waals surface area contributed by atoms with Crippen molar-refractivity contribution < 1.29 is 9.90 Å². The van der Waals surface area contributed by atoms with Gasteiger partial charge in [0.25, 0.3) is 5.91 Å².